The van der Waals surface area contributed by atoms with Crippen LogP contribution in [-0.4, -0.2) is 20.8 Å². The molecule has 0 saturated carbocycles. The number of rotatable bonds is 4. The van der Waals surface area contributed by atoms with Crippen LogP contribution < -0.4 is 11.1 Å². The number of carbonyl (C=O) groups is 1. The summed E-state index contributed by atoms with van der Waals surface area (Å²) in [7, 11) is 0. The van der Waals surface area contributed by atoms with Crippen molar-refractivity contribution in [1.29, 1.82) is 0 Å². The highest BCUT2D eigenvalue weighted by Crippen LogP contribution is 2.22. The summed E-state index contributed by atoms with van der Waals surface area (Å²) in [6.45, 7) is 0.261. The molecule has 2 aromatic rings. The second-order valence-corrected chi connectivity index (χ2v) is 3.79. The molecule has 4 N–H and O–H groups in total. The summed E-state index contributed by atoms with van der Waals surface area (Å²) in [6.07, 6.45) is 3.07. The molecule has 0 atom stereocenters. The molecule has 1 heterocycles. The third-order valence-corrected chi connectivity index (χ3v) is 2.48. The zero-order chi connectivity index (χ0) is 13.8. The Hall–Kier alpha value is -2.90. The molecule has 8 nitrogen and oxygen atoms in total. The summed E-state index contributed by atoms with van der Waals surface area (Å²) >= 11 is 0. The lowest BCUT2D eigenvalue weighted by atomic mass is 10.1. The van der Waals surface area contributed by atoms with Crippen LogP contribution in [0.3, 0.4) is 0 Å². The van der Waals surface area contributed by atoms with Crippen molar-refractivity contribution in [2.75, 3.05) is 5.73 Å². The Labute approximate surface area is 107 Å². The lowest BCUT2D eigenvalue weighted by molar-refractivity contribution is -0.383. The summed E-state index contributed by atoms with van der Waals surface area (Å²) in [5.41, 5.74) is 6.11. The number of carbonyl (C=O) groups excluding carboxylic acids is 1. The number of imidazole rings is 1. The van der Waals surface area contributed by atoms with Crippen LogP contribution in [-0.2, 0) is 6.54 Å². The van der Waals surface area contributed by atoms with Crippen molar-refractivity contribution >= 4 is 17.3 Å². The molecule has 0 aliphatic rings. The fourth-order valence-electron chi connectivity index (χ4n) is 1.50. The smallest absolute Gasteiger partial charge is 0.292 e. The Morgan fingerprint density at radius 2 is 2.32 bits per heavy atom. The maximum atomic E-state index is 11.8. The second-order valence-electron chi connectivity index (χ2n) is 3.79. The van der Waals surface area contributed by atoms with Crippen molar-refractivity contribution in [3.05, 3.63) is 52.1 Å². The monoisotopic (exact) mass is 261 g/mol. The first-order valence-corrected chi connectivity index (χ1v) is 5.37. The molecule has 0 aliphatic heterocycles. The molecule has 98 valence electrons. The second kappa shape index (κ2) is 5.17. The van der Waals surface area contributed by atoms with Crippen molar-refractivity contribution in [2.24, 2.45) is 0 Å². The number of hydrogen-bond acceptors (Lipinski definition) is 5. The van der Waals surface area contributed by atoms with Crippen LogP contribution in [0.2, 0.25) is 0 Å². The van der Waals surface area contributed by atoms with E-state index in [1.807, 2.05) is 0 Å². The van der Waals surface area contributed by atoms with Gasteiger partial charge in [0.1, 0.15) is 5.69 Å². The Bertz CT molecular complexity index is 609. The molecule has 0 aliphatic carbocycles. The van der Waals surface area contributed by atoms with Gasteiger partial charge in [0.15, 0.2) is 0 Å². The van der Waals surface area contributed by atoms with Gasteiger partial charge in [0, 0.05) is 17.8 Å². The Morgan fingerprint density at radius 3 is 2.95 bits per heavy atom. The Morgan fingerprint density at radius 1 is 1.53 bits per heavy atom. The van der Waals surface area contributed by atoms with Gasteiger partial charge in [-0.1, -0.05) is 0 Å². The van der Waals surface area contributed by atoms with Crippen LogP contribution in [0.4, 0.5) is 11.4 Å². The van der Waals surface area contributed by atoms with E-state index in [0.717, 1.165) is 11.8 Å². The standard InChI is InChI=1S/C11H11N5O3/c12-9-2-1-7(3-10(9)16(18)19)11(17)14-5-8-4-13-6-15-8/h1-4,6H,5,12H2,(H,13,15)(H,14,17). The first kappa shape index (κ1) is 12.6. The molecule has 1 aromatic heterocycles. The average molecular weight is 261 g/mol. The predicted molar refractivity (Wildman–Crippen MR) is 67.3 cm³/mol. The maximum absolute atomic E-state index is 11.8. The number of anilines is 1. The zero-order valence-electron chi connectivity index (χ0n) is 9.79. The number of nitrogens with one attached hydrogen (secondary N) is 2. The van der Waals surface area contributed by atoms with E-state index in [1.165, 1.54) is 18.5 Å². The molecule has 8 heteroatoms. The first-order valence-electron chi connectivity index (χ1n) is 5.37. The van der Waals surface area contributed by atoms with Gasteiger partial charge >= 0.3 is 0 Å². The summed E-state index contributed by atoms with van der Waals surface area (Å²) in [6, 6.07) is 3.92. The van der Waals surface area contributed by atoms with Gasteiger partial charge in [0.25, 0.3) is 11.6 Å². The van der Waals surface area contributed by atoms with Gasteiger partial charge in [-0.05, 0) is 12.1 Å². The van der Waals surface area contributed by atoms with E-state index in [0.29, 0.717) is 0 Å². The first-order chi connectivity index (χ1) is 9.08. The average Bonchev–Trinajstić information content (AvgIpc) is 2.89. The highest BCUT2D eigenvalue weighted by Gasteiger charge is 2.15. The van der Waals surface area contributed by atoms with Crippen LogP contribution >= 0.6 is 0 Å². The fourth-order valence-corrected chi connectivity index (χ4v) is 1.50. The number of hydrogen-bond donors (Lipinski definition) is 3. The van der Waals surface area contributed by atoms with E-state index < -0.39 is 10.8 Å². The zero-order valence-corrected chi connectivity index (χ0v) is 9.79. The van der Waals surface area contributed by atoms with E-state index in [-0.39, 0.29) is 23.5 Å². The van der Waals surface area contributed by atoms with E-state index in [9.17, 15) is 14.9 Å². The number of aromatic amines is 1. The van der Waals surface area contributed by atoms with E-state index in [1.54, 1.807) is 6.20 Å². The lowest BCUT2D eigenvalue weighted by Crippen LogP contribution is -2.23. The minimum Gasteiger partial charge on any atom is -0.393 e. The molecule has 0 radical (unpaired) electrons. The largest absolute Gasteiger partial charge is 0.393 e. The normalized spacial score (nSPS) is 10.1. The molecule has 0 fully saturated rings. The molecule has 1 amide bonds. The molecule has 1 aromatic carbocycles. The van der Waals surface area contributed by atoms with Gasteiger partial charge in [-0.15, -0.1) is 0 Å². The molecule has 0 spiro atoms. The minimum absolute atomic E-state index is 0.0233. The van der Waals surface area contributed by atoms with Crippen molar-refractivity contribution < 1.29 is 9.72 Å². The molecule has 2 rings (SSSR count). The van der Waals surface area contributed by atoms with Crippen LogP contribution in [0.1, 0.15) is 16.1 Å². The van der Waals surface area contributed by atoms with Gasteiger partial charge in [-0.2, -0.15) is 0 Å². The summed E-state index contributed by atoms with van der Waals surface area (Å²) in [5, 5.41) is 13.3. The van der Waals surface area contributed by atoms with Crippen LogP contribution in [0.25, 0.3) is 0 Å². The van der Waals surface area contributed by atoms with Crippen molar-refractivity contribution in [3.8, 4) is 0 Å². The number of nitro benzene ring substituents is 1. The van der Waals surface area contributed by atoms with E-state index >= 15 is 0 Å². The van der Waals surface area contributed by atoms with Gasteiger partial charge in [-0.25, -0.2) is 4.98 Å². The van der Waals surface area contributed by atoms with Crippen molar-refractivity contribution in [1.82, 2.24) is 15.3 Å². The summed E-state index contributed by atoms with van der Waals surface area (Å²) < 4.78 is 0. The topological polar surface area (TPSA) is 127 Å². The van der Waals surface area contributed by atoms with Gasteiger partial charge in [0.2, 0.25) is 0 Å². The van der Waals surface area contributed by atoms with Crippen LogP contribution in [0.5, 0.6) is 0 Å². The van der Waals surface area contributed by atoms with E-state index in [2.05, 4.69) is 15.3 Å². The van der Waals surface area contributed by atoms with Gasteiger partial charge in [-0.3, -0.25) is 14.9 Å². The van der Waals surface area contributed by atoms with Gasteiger partial charge in [0.05, 0.1) is 23.5 Å². The number of amides is 1. The van der Waals surface area contributed by atoms with Crippen LogP contribution in [0.15, 0.2) is 30.7 Å². The van der Waals surface area contributed by atoms with Crippen molar-refractivity contribution in [3.63, 3.8) is 0 Å². The molecule has 19 heavy (non-hydrogen) atoms. The number of nitrogens with two attached hydrogens (primary N) is 1. The number of H-pyrrole nitrogens is 1. The predicted octanol–water partition coefficient (Wildman–Crippen LogP) is 0.830. The SMILES string of the molecule is Nc1ccc(C(=O)NCc2cnc[nH]2)cc1[N+](=O)[O-]. The maximum Gasteiger partial charge on any atom is 0.292 e. The number of aromatic nitrogens is 2. The fraction of sp³-hybridized carbons (Fsp3) is 0.0909. The molecular weight excluding hydrogens is 250 g/mol. The summed E-state index contributed by atoms with van der Waals surface area (Å²) in [4.78, 5) is 28.6. The summed E-state index contributed by atoms with van der Waals surface area (Å²) in [5.74, 6) is -0.419. The van der Waals surface area contributed by atoms with Crippen LogP contribution in [0, 0.1) is 10.1 Å². The van der Waals surface area contributed by atoms with E-state index in [4.69, 9.17) is 5.73 Å². The molecule has 0 bridgehead atoms. The number of nitrogen functional groups attached to an aromatic ring is 1. The lowest BCUT2D eigenvalue weighted by Gasteiger charge is -2.04. The highest BCUT2D eigenvalue weighted by molar-refractivity contribution is 5.95. The highest BCUT2D eigenvalue weighted by atomic mass is 16.6. The number of benzene rings is 1. The quantitative estimate of drug-likeness (QED) is 0.426. The molecular formula is C11H11N5O3. The van der Waals surface area contributed by atoms with Crippen molar-refractivity contribution in [2.45, 2.75) is 6.54 Å². The molecule has 0 saturated heterocycles. The third-order valence-electron chi connectivity index (χ3n) is 2.48. The third kappa shape index (κ3) is 2.86. The minimum atomic E-state index is -0.624. The molecule has 0 unspecified atom stereocenters. The Balaban J connectivity index is 2.11. The van der Waals surface area contributed by atoms with Gasteiger partial charge < -0.3 is 16.0 Å². The number of nitrogens with zero attached hydrogens (tertiary/aromatic N) is 2. The Kier molecular flexibility index (Phi) is 3.42. The number of nitro groups is 1.